The second kappa shape index (κ2) is 10.3. The first-order valence-corrected chi connectivity index (χ1v) is 10.8. The third-order valence-corrected chi connectivity index (χ3v) is 5.68. The lowest BCUT2D eigenvalue weighted by molar-refractivity contribution is 0.280. The molecule has 0 fully saturated rings. The first-order valence-electron chi connectivity index (χ1n) is 10.5. The summed E-state index contributed by atoms with van der Waals surface area (Å²) in [7, 11) is 0. The van der Waals surface area contributed by atoms with Crippen LogP contribution in [0.25, 0.3) is 11.1 Å². The molecule has 0 heterocycles. The Morgan fingerprint density at radius 3 is 1.96 bits per heavy atom. The van der Waals surface area contributed by atoms with Crippen molar-refractivity contribution >= 4 is 11.6 Å². The highest BCUT2D eigenvalue weighted by molar-refractivity contribution is 6.30. The van der Waals surface area contributed by atoms with Crippen LogP contribution < -0.4 is 0 Å². The molecular formula is C25H35ClO. The molecule has 148 valence electrons. The molecule has 0 aliphatic carbocycles. The minimum Gasteiger partial charge on any atom is -0.392 e. The number of unbranched alkanes of at least 4 members (excludes halogenated alkanes) is 3. The van der Waals surface area contributed by atoms with Gasteiger partial charge in [-0.25, -0.2) is 0 Å². The highest BCUT2D eigenvalue weighted by Gasteiger charge is 2.21. The van der Waals surface area contributed by atoms with Gasteiger partial charge < -0.3 is 5.11 Å². The lowest BCUT2D eigenvalue weighted by Crippen LogP contribution is -2.09. The quantitative estimate of drug-likeness (QED) is 0.434. The van der Waals surface area contributed by atoms with Crippen molar-refractivity contribution in [3.05, 3.63) is 57.6 Å². The maximum Gasteiger partial charge on any atom is 0.0690 e. The van der Waals surface area contributed by atoms with E-state index in [1.807, 2.05) is 12.1 Å². The van der Waals surface area contributed by atoms with Crippen LogP contribution in [-0.2, 0) is 13.0 Å². The predicted octanol–water partition coefficient (Wildman–Crippen LogP) is 7.87. The number of aliphatic hydroxyl groups excluding tert-OH is 1. The summed E-state index contributed by atoms with van der Waals surface area (Å²) >= 11 is 6.15. The maximum absolute atomic E-state index is 10.3. The molecule has 0 amide bonds. The average molecular weight is 387 g/mol. The van der Waals surface area contributed by atoms with Gasteiger partial charge in [0.05, 0.1) is 6.61 Å². The molecule has 0 atom stereocenters. The molecule has 0 aliphatic rings. The zero-order valence-electron chi connectivity index (χ0n) is 17.6. The van der Waals surface area contributed by atoms with Gasteiger partial charge in [0.2, 0.25) is 0 Å². The van der Waals surface area contributed by atoms with Gasteiger partial charge in [-0.05, 0) is 70.2 Å². The summed E-state index contributed by atoms with van der Waals surface area (Å²) < 4.78 is 0. The molecule has 1 nitrogen and oxygen atoms in total. The first kappa shape index (κ1) is 22.0. The van der Waals surface area contributed by atoms with Crippen molar-refractivity contribution in [2.24, 2.45) is 0 Å². The van der Waals surface area contributed by atoms with Crippen LogP contribution in [0.2, 0.25) is 5.02 Å². The smallest absolute Gasteiger partial charge is 0.0690 e. The molecule has 0 saturated carbocycles. The van der Waals surface area contributed by atoms with Crippen molar-refractivity contribution in [3.8, 4) is 11.1 Å². The highest BCUT2D eigenvalue weighted by Crippen LogP contribution is 2.39. The van der Waals surface area contributed by atoms with Crippen LogP contribution in [-0.4, -0.2) is 5.11 Å². The van der Waals surface area contributed by atoms with Gasteiger partial charge >= 0.3 is 0 Å². The largest absolute Gasteiger partial charge is 0.392 e. The fourth-order valence-corrected chi connectivity index (χ4v) is 4.10. The Labute approximate surface area is 170 Å². The summed E-state index contributed by atoms with van der Waals surface area (Å²) in [5, 5.41) is 11.0. The Bertz CT molecular complexity index is 729. The fourth-order valence-electron chi connectivity index (χ4n) is 3.98. The summed E-state index contributed by atoms with van der Waals surface area (Å²) in [6.07, 6.45) is 6.05. The Hall–Kier alpha value is -1.31. The zero-order valence-corrected chi connectivity index (χ0v) is 18.4. The van der Waals surface area contributed by atoms with Gasteiger partial charge in [-0.3, -0.25) is 0 Å². The molecule has 0 spiro atoms. The third-order valence-electron chi connectivity index (χ3n) is 5.43. The molecule has 0 aliphatic heterocycles. The average Bonchev–Trinajstić information content (AvgIpc) is 2.64. The van der Waals surface area contributed by atoms with E-state index in [2.05, 4.69) is 52.8 Å². The summed E-state index contributed by atoms with van der Waals surface area (Å²) in [4.78, 5) is 0. The van der Waals surface area contributed by atoms with Crippen molar-refractivity contribution in [3.63, 3.8) is 0 Å². The van der Waals surface area contributed by atoms with Crippen LogP contribution in [0.3, 0.4) is 0 Å². The van der Waals surface area contributed by atoms with E-state index in [0.29, 0.717) is 11.8 Å². The lowest BCUT2D eigenvalue weighted by atomic mass is 9.80. The number of aliphatic hydroxyl groups is 1. The van der Waals surface area contributed by atoms with Gasteiger partial charge in [-0.15, -0.1) is 0 Å². The minimum atomic E-state index is 0.0752. The Morgan fingerprint density at radius 2 is 1.44 bits per heavy atom. The Morgan fingerprint density at radius 1 is 0.852 bits per heavy atom. The molecule has 2 rings (SSSR count). The van der Waals surface area contributed by atoms with Crippen LogP contribution in [0.1, 0.15) is 94.4 Å². The standard InChI is InChI=1S/C25H35ClO/c1-6-7-8-9-10-21-22(17(2)3)15-23(18(4)5)24(16-27)25(21)19-11-13-20(26)14-12-19/h11-15,17-18,27H,6-10,16H2,1-5H3. The van der Waals surface area contributed by atoms with Crippen molar-refractivity contribution < 1.29 is 5.11 Å². The van der Waals surface area contributed by atoms with Gasteiger partial charge in [-0.1, -0.05) is 83.7 Å². The minimum absolute atomic E-state index is 0.0752. The van der Waals surface area contributed by atoms with Crippen LogP contribution in [0, 0.1) is 0 Å². The molecule has 2 heteroatoms. The topological polar surface area (TPSA) is 20.2 Å². The predicted molar refractivity (Wildman–Crippen MR) is 119 cm³/mol. The molecule has 0 radical (unpaired) electrons. The zero-order chi connectivity index (χ0) is 20.0. The van der Waals surface area contributed by atoms with E-state index >= 15 is 0 Å². The number of hydrogen-bond donors (Lipinski definition) is 1. The monoisotopic (exact) mass is 386 g/mol. The van der Waals surface area contributed by atoms with Gasteiger partial charge in [0.1, 0.15) is 0 Å². The van der Waals surface area contributed by atoms with E-state index in [4.69, 9.17) is 11.6 Å². The van der Waals surface area contributed by atoms with Crippen molar-refractivity contribution in [2.75, 3.05) is 0 Å². The van der Waals surface area contributed by atoms with E-state index in [9.17, 15) is 5.11 Å². The van der Waals surface area contributed by atoms with Crippen LogP contribution >= 0.6 is 11.6 Å². The van der Waals surface area contributed by atoms with Crippen molar-refractivity contribution in [1.82, 2.24) is 0 Å². The second-order valence-electron chi connectivity index (χ2n) is 8.17. The normalized spacial score (nSPS) is 11.6. The molecule has 0 aromatic heterocycles. The van der Waals surface area contributed by atoms with E-state index < -0.39 is 0 Å². The SMILES string of the molecule is CCCCCCc1c(C(C)C)cc(C(C)C)c(CO)c1-c1ccc(Cl)cc1. The third kappa shape index (κ3) is 5.36. The first-order chi connectivity index (χ1) is 12.9. The molecule has 2 aromatic carbocycles. The van der Waals surface area contributed by atoms with E-state index in [-0.39, 0.29) is 6.61 Å². The summed E-state index contributed by atoms with van der Waals surface area (Å²) in [5.41, 5.74) is 7.60. The number of benzene rings is 2. The molecule has 2 aromatic rings. The van der Waals surface area contributed by atoms with Crippen LogP contribution in [0.4, 0.5) is 0 Å². The lowest BCUT2D eigenvalue weighted by Gasteiger charge is -2.25. The molecule has 27 heavy (non-hydrogen) atoms. The second-order valence-corrected chi connectivity index (χ2v) is 8.61. The Balaban J connectivity index is 2.70. The van der Waals surface area contributed by atoms with E-state index in [1.54, 1.807) is 0 Å². The van der Waals surface area contributed by atoms with Crippen molar-refractivity contribution in [2.45, 2.75) is 85.2 Å². The van der Waals surface area contributed by atoms with Gasteiger partial charge in [-0.2, -0.15) is 0 Å². The van der Waals surface area contributed by atoms with Crippen LogP contribution in [0.15, 0.2) is 30.3 Å². The van der Waals surface area contributed by atoms with E-state index in [1.165, 1.54) is 53.5 Å². The highest BCUT2D eigenvalue weighted by atomic mass is 35.5. The maximum atomic E-state index is 10.3. The number of hydrogen-bond acceptors (Lipinski definition) is 1. The number of halogens is 1. The van der Waals surface area contributed by atoms with Gasteiger partial charge in [0, 0.05) is 5.02 Å². The van der Waals surface area contributed by atoms with E-state index in [0.717, 1.165) is 17.0 Å². The molecule has 0 saturated heterocycles. The molecule has 1 N–H and O–H groups in total. The fraction of sp³-hybridized carbons (Fsp3) is 0.520. The number of rotatable bonds is 9. The molecule has 0 unspecified atom stereocenters. The summed E-state index contributed by atoms with van der Waals surface area (Å²) in [5.74, 6) is 0.840. The van der Waals surface area contributed by atoms with Crippen molar-refractivity contribution in [1.29, 1.82) is 0 Å². The summed E-state index contributed by atoms with van der Waals surface area (Å²) in [6, 6.07) is 10.5. The van der Waals surface area contributed by atoms with Gasteiger partial charge in [0.25, 0.3) is 0 Å². The van der Waals surface area contributed by atoms with Crippen LogP contribution in [0.5, 0.6) is 0 Å². The van der Waals surface area contributed by atoms with Gasteiger partial charge in [0.15, 0.2) is 0 Å². The Kier molecular flexibility index (Phi) is 8.38. The molecule has 0 bridgehead atoms. The molecular weight excluding hydrogens is 352 g/mol. The summed E-state index contributed by atoms with van der Waals surface area (Å²) in [6.45, 7) is 11.3.